The molecule has 4 aromatic rings. The second kappa shape index (κ2) is 11.7. The van der Waals surface area contributed by atoms with Crippen molar-refractivity contribution in [3.05, 3.63) is 94.5 Å². The fourth-order valence-corrected chi connectivity index (χ4v) is 6.98. The van der Waals surface area contributed by atoms with E-state index in [0.717, 1.165) is 90.1 Å². The third-order valence-corrected chi connectivity index (χ3v) is 9.10. The lowest BCUT2D eigenvalue weighted by molar-refractivity contribution is -0.142. The van der Waals surface area contributed by atoms with E-state index in [1.54, 1.807) is 0 Å². The molecule has 1 atom stereocenters. The third kappa shape index (κ3) is 5.23. The number of aliphatic carboxylic acids is 1. The number of piperazine rings is 1. The number of anilines is 1. The lowest BCUT2D eigenvalue weighted by Gasteiger charge is -2.35. The van der Waals surface area contributed by atoms with Crippen LogP contribution in [0.5, 0.6) is 0 Å². The van der Waals surface area contributed by atoms with Crippen molar-refractivity contribution in [3.8, 4) is 11.1 Å². The van der Waals surface area contributed by atoms with Crippen molar-refractivity contribution in [1.29, 1.82) is 0 Å². The van der Waals surface area contributed by atoms with Crippen LogP contribution in [0.25, 0.3) is 22.0 Å². The molecule has 1 unspecified atom stereocenters. The maximum Gasteiger partial charge on any atom is 0.318 e. The number of aryl methyl sites for hydroxylation is 1. The van der Waals surface area contributed by atoms with E-state index in [4.69, 9.17) is 22.3 Å². The smallest absolute Gasteiger partial charge is 0.318 e. The number of benzene rings is 3. The van der Waals surface area contributed by atoms with Gasteiger partial charge in [-0.25, -0.2) is 4.98 Å². The van der Waals surface area contributed by atoms with Gasteiger partial charge in [0, 0.05) is 43.0 Å². The van der Waals surface area contributed by atoms with Crippen molar-refractivity contribution in [2.75, 3.05) is 37.6 Å². The number of carboxylic acid groups (broad SMARTS) is 1. The zero-order chi connectivity index (χ0) is 29.3. The summed E-state index contributed by atoms with van der Waals surface area (Å²) in [6.45, 7) is 4.59. The molecule has 2 heterocycles. The molecule has 0 bridgehead atoms. The number of primary amides is 1. The number of carboxylic acids is 1. The van der Waals surface area contributed by atoms with Crippen molar-refractivity contribution in [2.45, 2.75) is 37.5 Å². The second-order valence-electron chi connectivity index (χ2n) is 11.4. The van der Waals surface area contributed by atoms with Gasteiger partial charge >= 0.3 is 5.97 Å². The summed E-state index contributed by atoms with van der Waals surface area (Å²) < 4.78 is 0. The number of carbonyl (C=O) groups excluding carboxylic acids is 1. The van der Waals surface area contributed by atoms with Crippen molar-refractivity contribution in [1.82, 2.24) is 9.88 Å². The number of carbonyl (C=O) groups is 2. The number of amides is 1. The molecule has 7 nitrogen and oxygen atoms in total. The van der Waals surface area contributed by atoms with Gasteiger partial charge in [-0.1, -0.05) is 60.5 Å². The molecule has 2 aliphatic rings. The van der Waals surface area contributed by atoms with Crippen LogP contribution in [-0.2, 0) is 21.4 Å². The number of unbranched alkanes of at least 4 members (excludes halogenated alkanes) is 1. The van der Waals surface area contributed by atoms with Gasteiger partial charge in [-0.15, -0.1) is 0 Å². The summed E-state index contributed by atoms with van der Waals surface area (Å²) in [4.78, 5) is 34.4. The molecule has 42 heavy (non-hydrogen) atoms. The van der Waals surface area contributed by atoms with E-state index in [-0.39, 0.29) is 12.3 Å². The van der Waals surface area contributed by atoms with Gasteiger partial charge in [0.2, 0.25) is 5.91 Å². The van der Waals surface area contributed by atoms with Crippen LogP contribution in [0.15, 0.2) is 72.8 Å². The molecule has 1 saturated heterocycles. The molecular weight excluding hydrogens is 548 g/mol. The zero-order valence-electron chi connectivity index (χ0n) is 23.6. The molecule has 3 N–H and O–H groups in total. The number of hydrogen-bond donors (Lipinski definition) is 2. The minimum absolute atomic E-state index is 0.192. The van der Waals surface area contributed by atoms with E-state index in [1.807, 2.05) is 60.7 Å². The first-order chi connectivity index (χ1) is 20.4. The molecule has 1 fully saturated rings. The van der Waals surface area contributed by atoms with Crippen LogP contribution in [-0.4, -0.2) is 59.6 Å². The number of pyridine rings is 1. The molecule has 1 amide bonds. The quantitative estimate of drug-likeness (QED) is 0.234. The van der Waals surface area contributed by atoms with Crippen molar-refractivity contribution < 1.29 is 14.7 Å². The Morgan fingerprint density at radius 2 is 1.71 bits per heavy atom. The number of halogens is 1. The summed E-state index contributed by atoms with van der Waals surface area (Å²) in [7, 11) is 0. The Bertz CT molecular complexity index is 1650. The lowest BCUT2D eigenvalue weighted by atomic mass is 9.72. The molecule has 3 aromatic carbocycles. The van der Waals surface area contributed by atoms with E-state index >= 15 is 0 Å². The normalized spacial score (nSPS) is 18.2. The van der Waals surface area contributed by atoms with E-state index < -0.39 is 11.4 Å². The SMILES string of the molecule is NC(=O)CCc1cccc2c1C(CCCCN1CCN(c3ccc4cc(Cl)ccc4n3)CC1)(C(=O)O)c1ccccc1-2. The highest BCUT2D eigenvalue weighted by Crippen LogP contribution is 2.53. The number of aromatic nitrogens is 1. The van der Waals surface area contributed by atoms with Crippen LogP contribution in [0.1, 0.15) is 42.4 Å². The molecule has 1 aliphatic carbocycles. The molecule has 0 radical (unpaired) electrons. The molecule has 0 spiro atoms. The van der Waals surface area contributed by atoms with Crippen LogP contribution >= 0.6 is 11.6 Å². The Morgan fingerprint density at radius 3 is 2.50 bits per heavy atom. The average molecular weight is 583 g/mol. The minimum atomic E-state index is -1.13. The standard InChI is InChI=1S/C34H35ClN4O3/c35-25-12-13-29-24(22-25)11-15-31(37-29)39-20-18-38(19-21-39)17-4-3-16-34(33(41)42)28-9-2-1-7-26(28)27-8-5-6-23(32(27)34)10-14-30(36)40/h1-2,5-9,11-13,15,22H,3-4,10,14,16-21H2,(H2,36,40)(H,41,42). The molecule has 1 aliphatic heterocycles. The first-order valence-corrected chi connectivity index (χ1v) is 15.0. The Kier molecular flexibility index (Phi) is 7.88. The van der Waals surface area contributed by atoms with Gasteiger partial charge in [-0.2, -0.15) is 0 Å². The van der Waals surface area contributed by atoms with Crippen molar-refractivity contribution >= 4 is 40.2 Å². The summed E-state index contributed by atoms with van der Waals surface area (Å²) >= 11 is 6.12. The number of hydrogen-bond acceptors (Lipinski definition) is 5. The van der Waals surface area contributed by atoms with Gasteiger partial charge in [-0.3, -0.25) is 14.5 Å². The molecule has 216 valence electrons. The van der Waals surface area contributed by atoms with Gasteiger partial charge in [0.15, 0.2) is 0 Å². The Labute approximate surface area is 250 Å². The molecular formula is C34H35ClN4O3. The highest BCUT2D eigenvalue weighted by Gasteiger charge is 2.50. The molecule has 1 aromatic heterocycles. The van der Waals surface area contributed by atoms with E-state index in [1.165, 1.54) is 0 Å². The number of nitrogens with zero attached hydrogens (tertiary/aromatic N) is 3. The number of nitrogens with two attached hydrogens (primary N) is 1. The Morgan fingerprint density at radius 1 is 0.929 bits per heavy atom. The maximum atomic E-state index is 13.2. The molecule has 6 rings (SSSR count). The number of rotatable bonds is 10. The fraction of sp³-hybridized carbons (Fsp3) is 0.324. The highest BCUT2D eigenvalue weighted by atomic mass is 35.5. The van der Waals surface area contributed by atoms with E-state index in [0.29, 0.717) is 17.9 Å². The molecule has 0 saturated carbocycles. The van der Waals surface area contributed by atoms with E-state index in [2.05, 4.69) is 21.9 Å². The van der Waals surface area contributed by atoms with Crippen LogP contribution < -0.4 is 10.6 Å². The van der Waals surface area contributed by atoms with Crippen LogP contribution in [0.3, 0.4) is 0 Å². The van der Waals surface area contributed by atoms with Gasteiger partial charge in [0.1, 0.15) is 11.2 Å². The van der Waals surface area contributed by atoms with Crippen LogP contribution in [0, 0.1) is 0 Å². The zero-order valence-corrected chi connectivity index (χ0v) is 24.3. The van der Waals surface area contributed by atoms with Gasteiger partial charge < -0.3 is 15.7 Å². The first kappa shape index (κ1) is 28.2. The summed E-state index contributed by atoms with van der Waals surface area (Å²) in [6, 6.07) is 23.7. The predicted octanol–water partition coefficient (Wildman–Crippen LogP) is 5.65. The predicted molar refractivity (Wildman–Crippen MR) is 167 cm³/mol. The van der Waals surface area contributed by atoms with Crippen molar-refractivity contribution in [2.24, 2.45) is 5.73 Å². The Hall–Kier alpha value is -3.94. The fourth-order valence-electron chi connectivity index (χ4n) is 6.80. The van der Waals surface area contributed by atoms with E-state index in [9.17, 15) is 14.7 Å². The average Bonchev–Trinajstić information content (AvgIpc) is 3.29. The Balaban J connectivity index is 1.12. The second-order valence-corrected chi connectivity index (χ2v) is 11.8. The largest absolute Gasteiger partial charge is 0.480 e. The van der Waals surface area contributed by atoms with Crippen LogP contribution in [0.2, 0.25) is 5.02 Å². The topological polar surface area (TPSA) is 99.8 Å². The first-order valence-electron chi connectivity index (χ1n) is 14.6. The summed E-state index contributed by atoms with van der Waals surface area (Å²) in [5.74, 6) is -0.233. The maximum absolute atomic E-state index is 13.2. The minimum Gasteiger partial charge on any atom is -0.480 e. The lowest BCUT2D eigenvalue weighted by Crippen LogP contribution is -2.47. The van der Waals surface area contributed by atoms with Gasteiger partial charge in [0.25, 0.3) is 0 Å². The highest BCUT2D eigenvalue weighted by molar-refractivity contribution is 6.31. The molecule has 8 heteroatoms. The summed E-state index contributed by atoms with van der Waals surface area (Å²) in [6.07, 6.45) is 2.82. The van der Waals surface area contributed by atoms with Gasteiger partial charge in [0.05, 0.1) is 5.52 Å². The summed E-state index contributed by atoms with van der Waals surface area (Å²) in [5, 5.41) is 12.6. The number of fused-ring (bicyclic) bond motifs is 4. The monoisotopic (exact) mass is 582 g/mol. The van der Waals surface area contributed by atoms with Crippen LogP contribution in [0.4, 0.5) is 5.82 Å². The van der Waals surface area contributed by atoms with Gasteiger partial charge in [-0.05, 0) is 84.0 Å². The third-order valence-electron chi connectivity index (χ3n) is 8.87. The summed E-state index contributed by atoms with van der Waals surface area (Å²) in [5.41, 5.74) is 9.77. The van der Waals surface area contributed by atoms with Crippen molar-refractivity contribution in [3.63, 3.8) is 0 Å².